The van der Waals surface area contributed by atoms with Gasteiger partial charge < -0.3 is 10.0 Å². The first-order valence-corrected chi connectivity index (χ1v) is 6.43. The zero-order valence-electron chi connectivity index (χ0n) is 11.5. The summed E-state index contributed by atoms with van der Waals surface area (Å²) in [7, 11) is 0. The molecule has 1 heterocycles. The van der Waals surface area contributed by atoms with Crippen molar-refractivity contribution in [2.45, 2.75) is 20.3 Å². The van der Waals surface area contributed by atoms with E-state index in [0.29, 0.717) is 13.1 Å². The molecule has 1 saturated heterocycles. The summed E-state index contributed by atoms with van der Waals surface area (Å²) < 4.78 is 28.2. The van der Waals surface area contributed by atoms with E-state index < -0.39 is 17.6 Å². The Labute approximate surface area is 116 Å². The van der Waals surface area contributed by atoms with Crippen LogP contribution in [0.3, 0.4) is 0 Å². The number of hydrogen-bond donors (Lipinski definition) is 1. The maximum Gasteiger partial charge on any atom is 0.328 e. The minimum Gasteiger partial charge on any atom is -0.478 e. The lowest BCUT2D eigenvalue weighted by Gasteiger charge is -2.22. The van der Waals surface area contributed by atoms with Crippen LogP contribution in [0.4, 0.5) is 14.5 Å². The second-order valence-corrected chi connectivity index (χ2v) is 5.84. The first-order valence-electron chi connectivity index (χ1n) is 6.43. The van der Waals surface area contributed by atoms with Crippen molar-refractivity contribution in [1.82, 2.24) is 0 Å². The minimum absolute atomic E-state index is 0.0250. The summed E-state index contributed by atoms with van der Waals surface area (Å²) in [5, 5.41) is 8.52. The Hall–Kier alpha value is -1.91. The van der Waals surface area contributed by atoms with Crippen molar-refractivity contribution in [2.75, 3.05) is 18.0 Å². The predicted molar refractivity (Wildman–Crippen MR) is 73.6 cm³/mol. The second kappa shape index (κ2) is 5.23. The largest absolute Gasteiger partial charge is 0.478 e. The molecule has 1 aliphatic heterocycles. The van der Waals surface area contributed by atoms with Gasteiger partial charge in [0.05, 0.1) is 0 Å². The predicted octanol–water partition coefficient (Wildman–Crippen LogP) is 3.30. The Balaban J connectivity index is 2.30. The molecule has 108 valence electrons. The molecule has 1 fully saturated rings. The van der Waals surface area contributed by atoms with Crippen molar-refractivity contribution >= 4 is 17.7 Å². The molecule has 1 aliphatic rings. The van der Waals surface area contributed by atoms with Gasteiger partial charge in [0.1, 0.15) is 17.3 Å². The summed E-state index contributed by atoms with van der Waals surface area (Å²) in [6.07, 6.45) is 2.91. The van der Waals surface area contributed by atoms with E-state index in [1.54, 1.807) is 4.90 Å². The monoisotopic (exact) mass is 281 g/mol. The van der Waals surface area contributed by atoms with Gasteiger partial charge in [0, 0.05) is 19.2 Å². The van der Waals surface area contributed by atoms with E-state index in [-0.39, 0.29) is 16.7 Å². The van der Waals surface area contributed by atoms with Gasteiger partial charge in [0.2, 0.25) is 0 Å². The highest BCUT2D eigenvalue weighted by Gasteiger charge is 2.32. The van der Waals surface area contributed by atoms with E-state index in [2.05, 4.69) is 13.8 Å². The number of carboxylic acid groups (broad SMARTS) is 1. The Morgan fingerprint density at radius 2 is 1.95 bits per heavy atom. The van der Waals surface area contributed by atoms with Crippen LogP contribution in [0.25, 0.3) is 6.08 Å². The molecule has 0 aliphatic carbocycles. The molecule has 0 amide bonds. The highest BCUT2D eigenvalue weighted by Crippen LogP contribution is 2.35. The Morgan fingerprint density at radius 1 is 1.35 bits per heavy atom. The molecule has 5 heteroatoms. The Bertz CT molecular complexity index is 544. The fraction of sp³-hybridized carbons (Fsp3) is 0.400. The summed E-state index contributed by atoms with van der Waals surface area (Å²) in [6.45, 7) is 5.34. The topological polar surface area (TPSA) is 40.5 Å². The van der Waals surface area contributed by atoms with E-state index >= 15 is 0 Å². The summed E-state index contributed by atoms with van der Waals surface area (Å²) in [6, 6.07) is 2.31. The average Bonchev–Trinajstić information content (AvgIpc) is 2.66. The molecule has 20 heavy (non-hydrogen) atoms. The third kappa shape index (κ3) is 3.15. The number of rotatable bonds is 3. The maximum atomic E-state index is 14.1. The van der Waals surface area contributed by atoms with Gasteiger partial charge in [0.15, 0.2) is 0 Å². The number of anilines is 1. The molecule has 0 aromatic heterocycles. The van der Waals surface area contributed by atoms with Crippen molar-refractivity contribution in [3.05, 3.63) is 35.4 Å². The van der Waals surface area contributed by atoms with E-state index in [1.807, 2.05) is 0 Å². The molecule has 0 unspecified atom stereocenters. The van der Waals surface area contributed by atoms with Crippen LogP contribution in [-0.2, 0) is 4.79 Å². The summed E-state index contributed by atoms with van der Waals surface area (Å²) in [5.74, 6) is -2.48. The van der Waals surface area contributed by atoms with Crippen LogP contribution < -0.4 is 4.90 Å². The second-order valence-electron chi connectivity index (χ2n) is 5.84. The van der Waals surface area contributed by atoms with E-state index in [0.717, 1.165) is 24.6 Å². The molecule has 0 atom stereocenters. The van der Waals surface area contributed by atoms with Crippen LogP contribution in [0.15, 0.2) is 18.2 Å². The minimum atomic E-state index is -1.16. The van der Waals surface area contributed by atoms with Crippen molar-refractivity contribution in [2.24, 2.45) is 5.41 Å². The lowest BCUT2D eigenvalue weighted by molar-refractivity contribution is -0.131. The summed E-state index contributed by atoms with van der Waals surface area (Å²) in [4.78, 5) is 12.1. The first-order chi connectivity index (χ1) is 9.28. The zero-order chi connectivity index (χ0) is 14.9. The van der Waals surface area contributed by atoms with Crippen LogP contribution in [0.2, 0.25) is 0 Å². The van der Waals surface area contributed by atoms with Gasteiger partial charge in [-0.2, -0.15) is 0 Å². The summed E-state index contributed by atoms with van der Waals surface area (Å²) in [5.41, 5.74) is 0.216. The number of hydrogen-bond acceptors (Lipinski definition) is 2. The highest BCUT2D eigenvalue weighted by molar-refractivity contribution is 5.85. The van der Waals surface area contributed by atoms with E-state index in [4.69, 9.17) is 5.11 Å². The van der Waals surface area contributed by atoms with Gasteiger partial charge in [0.25, 0.3) is 0 Å². The van der Waals surface area contributed by atoms with Gasteiger partial charge in [-0.25, -0.2) is 13.6 Å². The average molecular weight is 281 g/mol. The third-order valence-corrected chi connectivity index (χ3v) is 3.45. The molecule has 0 spiro atoms. The lowest BCUT2D eigenvalue weighted by atomic mass is 9.93. The van der Waals surface area contributed by atoms with Gasteiger partial charge >= 0.3 is 5.97 Å². The highest BCUT2D eigenvalue weighted by atomic mass is 19.1. The molecule has 1 aromatic rings. The zero-order valence-corrected chi connectivity index (χ0v) is 11.5. The Kier molecular flexibility index (Phi) is 3.79. The smallest absolute Gasteiger partial charge is 0.328 e. The fourth-order valence-corrected chi connectivity index (χ4v) is 2.45. The fourth-order valence-electron chi connectivity index (χ4n) is 2.45. The number of carboxylic acids is 1. The van der Waals surface area contributed by atoms with Crippen LogP contribution in [0, 0.1) is 17.0 Å². The molecule has 1 aromatic carbocycles. The van der Waals surface area contributed by atoms with Crippen LogP contribution in [-0.4, -0.2) is 24.2 Å². The van der Waals surface area contributed by atoms with Crippen molar-refractivity contribution < 1.29 is 18.7 Å². The van der Waals surface area contributed by atoms with Gasteiger partial charge in [-0.1, -0.05) is 13.8 Å². The Morgan fingerprint density at radius 3 is 2.40 bits per heavy atom. The van der Waals surface area contributed by atoms with Crippen molar-refractivity contribution in [3.63, 3.8) is 0 Å². The van der Waals surface area contributed by atoms with Crippen LogP contribution in [0.1, 0.15) is 25.8 Å². The number of benzene rings is 1. The molecule has 3 nitrogen and oxygen atoms in total. The van der Waals surface area contributed by atoms with Gasteiger partial charge in [-0.05, 0) is 35.6 Å². The van der Waals surface area contributed by atoms with Gasteiger partial charge in [-0.15, -0.1) is 0 Å². The SMILES string of the molecule is CC1(C)CCN(c2c(F)cc(/C=C/C(=O)O)cc2F)C1. The first kappa shape index (κ1) is 14.5. The molecular weight excluding hydrogens is 264 g/mol. The van der Waals surface area contributed by atoms with E-state index in [9.17, 15) is 13.6 Å². The normalized spacial score (nSPS) is 17.9. The molecule has 0 saturated carbocycles. The standard InChI is InChI=1S/C15H17F2NO2/c1-15(2)5-6-18(9-15)14-11(16)7-10(8-12(14)17)3-4-13(19)20/h3-4,7-8H,5-6,9H2,1-2H3,(H,19,20)/b4-3+. The number of halogens is 2. The molecule has 1 N–H and O–H groups in total. The van der Waals surface area contributed by atoms with Crippen molar-refractivity contribution in [3.8, 4) is 0 Å². The third-order valence-electron chi connectivity index (χ3n) is 3.45. The maximum absolute atomic E-state index is 14.1. The van der Waals surface area contributed by atoms with E-state index in [1.165, 1.54) is 6.08 Å². The molecule has 2 rings (SSSR count). The molecular formula is C15H17F2NO2. The number of carbonyl (C=O) groups is 1. The summed E-state index contributed by atoms with van der Waals surface area (Å²) >= 11 is 0. The molecule has 0 radical (unpaired) electrons. The quantitative estimate of drug-likeness (QED) is 0.864. The van der Waals surface area contributed by atoms with Crippen LogP contribution in [0.5, 0.6) is 0 Å². The van der Waals surface area contributed by atoms with Crippen molar-refractivity contribution in [1.29, 1.82) is 0 Å². The molecule has 0 bridgehead atoms. The van der Waals surface area contributed by atoms with Gasteiger partial charge in [-0.3, -0.25) is 0 Å². The van der Waals surface area contributed by atoms with Crippen LogP contribution >= 0.6 is 0 Å². The number of nitrogens with zero attached hydrogens (tertiary/aromatic N) is 1. The number of aliphatic carboxylic acids is 1. The lowest BCUT2D eigenvalue weighted by Crippen LogP contribution is -2.24.